The minimum absolute atomic E-state index is 0.0462. The molecule has 0 aliphatic carbocycles. The summed E-state index contributed by atoms with van der Waals surface area (Å²) in [5, 5.41) is 2.85. The smallest absolute Gasteiger partial charge is 0.244 e. The molecule has 0 aliphatic rings. The summed E-state index contributed by atoms with van der Waals surface area (Å²) in [7, 11) is -2.47. The second kappa shape index (κ2) is 13.1. The predicted molar refractivity (Wildman–Crippen MR) is 134 cm³/mol. The van der Waals surface area contributed by atoms with Crippen LogP contribution < -0.4 is 14.4 Å². The Morgan fingerprint density at radius 2 is 1.83 bits per heavy atom. The molecule has 0 heterocycles. The first-order valence-electron chi connectivity index (χ1n) is 11.5. The van der Waals surface area contributed by atoms with Gasteiger partial charge in [-0.2, -0.15) is 0 Å². The standard InChI is InChI=1S/C25H34FN3O5S/c1-5-7-15-27-25(31)22(6-2)28(17-19-11-10-12-20(16-19)34-3)24(30)18-29(35(4,32)33)23-14-9-8-13-21(23)26/h8-14,16,22H,5-7,15,17-18H2,1-4H3,(H,27,31)/t22-/m1/s1. The van der Waals surface area contributed by atoms with E-state index >= 15 is 0 Å². The molecule has 0 radical (unpaired) electrons. The van der Waals surface area contributed by atoms with E-state index in [1.54, 1.807) is 31.2 Å². The van der Waals surface area contributed by atoms with Crippen LogP contribution in [0.3, 0.4) is 0 Å². The number of hydrogen-bond acceptors (Lipinski definition) is 5. The van der Waals surface area contributed by atoms with Crippen molar-refractivity contribution in [2.45, 2.75) is 45.7 Å². The summed E-state index contributed by atoms with van der Waals surface area (Å²) >= 11 is 0. The monoisotopic (exact) mass is 507 g/mol. The van der Waals surface area contributed by atoms with E-state index in [9.17, 15) is 22.4 Å². The number of carbonyl (C=O) groups is 2. The average molecular weight is 508 g/mol. The second-order valence-electron chi connectivity index (χ2n) is 8.16. The molecule has 0 aromatic heterocycles. The summed E-state index contributed by atoms with van der Waals surface area (Å²) in [6.07, 6.45) is 2.91. The lowest BCUT2D eigenvalue weighted by molar-refractivity contribution is -0.140. The van der Waals surface area contributed by atoms with Gasteiger partial charge in [-0.15, -0.1) is 0 Å². The van der Waals surface area contributed by atoms with Crippen molar-refractivity contribution in [2.75, 3.05) is 30.8 Å². The number of rotatable bonds is 13. The van der Waals surface area contributed by atoms with Crippen molar-refractivity contribution in [3.8, 4) is 5.75 Å². The van der Waals surface area contributed by atoms with Crippen LogP contribution in [0.4, 0.5) is 10.1 Å². The van der Waals surface area contributed by atoms with Gasteiger partial charge in [0.05, 0.1) is 19.1 Å². The summed E-state index contributed by atoms with van der Waals surface area (Å²) in [5.41, 5.74) is 0.472. The summed E-state index contributed by atoms with van der Waals surface area (Å²) in [5.74, 6) is -1.14. The average Bonchev–Trinajstić information content (AvgIpc) is 2.82. The normalized spacial score (nSPS) is 12.0. The van der Waals surface area contributed by atoms with Gasteiger partial charge in [-0.1, -0.05) is 44.5 Å². The molecular formula is C25H34FN3O5S. The number of methoxy groups -OCH3 is 1. The number of hydrogen-bond donors (Lipinski definition) is 1. The van der Waals surface area contributed by atoms with Gasteiger partial charge in [0.15, 0.2) is 0 Å². The number of nitrogens with one attached hydrogen (secondary N) is 1. The molecule has 192 valence electrons. The quantitative estimate of drug-likeness (QED) is 0.420. The van der Waals surface area contributed by atoms with Gasteiger partial charge in [0.2, 0.25) is 21.8 Å². The summed E-state index contributed by atoms with van der Waals surface area (Å²) in [6, 6.07) is 11.6. The predicted octanol–water partition coefficient (Wildman–Crippen LogP) is 3.32. The number of halogens is 1. The number of nitrogens with zero attached hydrogens (tertiary/aromatic N) is 2. The Bertz CT molecular complexity index is 1110. The van der Waals surface area contributed by atoms with E-state index in [0.29, 0.717) is 24.3 Å². The van der Waals surface area contributed by atoms with Crippen LogP contribution in [-0.4, -0.2) is 57.6 Å². The number of ether oxygens (including phenoxy) is 1. The first kappa shape index (κ1) is 28.1. The van der Waals surface area contributed by atoms with E-state index in [4.69, 9.17) is 4.74 Å². The molecule has 0 unspecified atom stereocenters. The molecule has 35 heavy (non-hydrogen) atoms. The van der Waals surface area contributed by atoms with Gasteiger partial charge in [0.25, 0.3) is 0 Å². The number of anilines is 1. The highest BCUT2D eigenvalue weighted by Gasteiger charge is 2.32. The third kappa shape index (κ3) is 7.95. The summed E-state index contributed by atoms with van der Waals surface area (Å²) in [4.78, 5) is 27.9. The van der Waals surface area contributed by atoms with Crippen molar-refractivity contribution in [2.24, 2.45) is 0 Å². The van der Waals surface area contributed by atoms with Crippen LogP contribution in [0.1, 0.15) is 38.7 Å². The highest BCUT2D eigenvalue weighted by molar-refractivity contribution is 7.92. The lowest BCUT2D eigenvalue weighted by Crippen LogP contribution is -2.52. The minimum Gasteiger partial charge on any atom is -0.497 e. The van der Waals surface area contributed by atoms with E-state index in [2.05, 4.69) is 5.32 Å². The first-order chi connectivity index (χ1) is 16.6. The number of para-hydroxylation sites is 1. The molecular weight excluding hydrogens is 473 g/mol. The number of amides is 2. The Morgan fingerprint density at radius 3 is 2.43 bits per heavy atom. The summed E-state index contributed by atoms with van der Waals surface area (Å²) < 4.78 is 45.5. The Kier molecular flexibility index (Phi) is 10.5. The Balaban J connectivity index is 2.43. The maximum absolute atomic E-state index is 14.5. The van der Waals surface area contributed by atoms with Crippen molar-refractivity contribution < 1.29 is 27.1 Å². The summed E-state index contributed by atoms with van der Waals surface area (Å²) in [6.45, 7) is 3.65. The van der Waals surface area contributed by atoms with E-state index < -0.39 is 34.3 Å². The van der Waals surface area contributed by atoms with Gasteiger partial charge in [-0.25, -0.2) is 12.8 Å². The molecule has 10 heteroatoms. The number of sulfonamides is 1. The fourth-order valence-corrected chi connectivity index (χ4v) is 4.49. The van der Waals surface area contributed by atoms with Gasteiger partial charge >= 0.3 is 0 Å². The SMILES string of the molecule is CCCCNC(=O)[C@@H](CC)N(Cc1cccc(OC)c1)C(=O)CN(c1ccccc1F)S(C)(=O)=O. The third-order valence-electron chi connectivity index (χ3n) is 5.50. The largest absolute Gasteiger partial charge is 0.497 e. The van der Waals surface area contributed by atoms with Crippen molar-refractivity contribution in [3.05, 3.63) is 59.9 Å². The van der Waals surface area contributed by atoms with Crippen LogP contribution in [0, 0.1) is 5.82 Å². The lowest BCUT2D eigenvalue weighted by atomic mass is 10.1. The molecule has 1 atom stereocenters. The minimum atomic E-state index is -4.00. The van der Waals surface area contributed by atoms with Crippen LogP contribution in [0.15, 0.2) is 48.5 Å². The fourth-order valence-electron chi connectivity index (χ4n) is 3.64. The number of unbranched alkanes of at least 4 members (excludes halogenated alkanes) is 1. The lowest BCUT2D eigenvalue weighted by Gasteiger charge is -2.33. The molecule has 2 aromatic rings. The second-order valence-corrected chi connectivity index (χ2v) is 10.1. The molecule has 0 fully saturated rings. The van der Waals surface area contributed by atoms with Crippen LogP contribution in [-0.2, 0) is 26.2 Å². The molecule has 0 aliphatic heterocycles. The third-order valence-corrected chi connectivity index (χ3v) is 6.63. The van der Waals surface area contributed by atoms with Crippen LogP contribution in [0.25, 0.3) is 0 Å². The van der Waals surface area contributed by atoms with Crippen molar-refractivity contribution in [1.82, 2.24) is 10.2 Å². The van der Waals surface area contributed by atoms with Gasteiger partial charge in [-0.05, 0) is 42.7 Å². The Hall–Kier alpha value is -3.14. The zero-order chi connectivity index (χ0) is 26.0. The fraction of sp³-hybridized carbons (Fsp3) is 0.440. The topological polar surface area (TPSA) is 96.0 Å². The zero-order valence-electron chi connectivity index (χ0n) is 20.7. The van der Waals surface area contributed by atoms with Crippen LogP contribution in [0.2, 0.25) is 0 Å². The van der Waals surface area contributed by atoms with Gasteiger partial charge in [0, 0.05) is 13.1 Å². The molecule has 2 aromatic carbocycles. The van der Waals surface area contributed by atoms with Gasteiger partial charge in [0.1, 0.15) is 24.2 Å². The van der Waals surface area contributed by atoms with Crippen LogP contribution >= 0.6 is 0 Å². The molecule has 0 saturated heterocycles. The molecule has 1 N–H and O–H groups in total. The molecule has 0 bridgehead atoms. The van der Waals surface area contributed by atoms with Crippen molar-refractivity contribution in [1.29, 1.82) is 0 Å². The highest BCUT2D eigenvalue weighted by atomic mass is 32.2. The van der Waals surface area contributed by atoms with Crippen molar-refractivity contribution >= 4 is 27.5 Å². The van der Waals surface area contributed by atoms with E-state index in [1.165, 1.54) is 30.2 Å². The molecule has 0 saturated carbocycles. The van der Waals surface area contributed by atoms with Gasteiger partial charge in [-0.3, -0.25) is 13.9 Å². The molecule has 2 amide bonds. The Labute approximate surface area is 207 Å². The highest BCUT2D eigenvalue weighted by Crippen LogP contribution is 2.23. The maximum atomic E-state index is 14.5. The van der Waals surface area contributed by atoms with E-state index in [1.807, 2.05) is 6.92 Å². The van der Waals surface area contributed by atoms with E-state index in [-0.39, 0.29) is 18.1 Å². The Morgan fingerprint density at radius 1 is 1.11 bits per heavy atom. The number of benzene rings is 2. The zero-order valence-corrected chi connectivity index (χ0v) is 21.5. The molecule has 0 spiro atoms. The van der Waals surface area contributed by atoms with Gasteiger partial charge < -0.3 is 15.0 Å². The van der Waals surface area contributed by atoms with E-state index in [0.717, 1.165) is 29.5 Å². The first-order valence-corrected chi connectivity index (χ1v) is 13.4. The van der Waals surface area contributed by atoms with Crippen LogP contribution in [0.5, 0.6) is 5.75 Å². The maximum Gasteiger partial charge on any atom is 0.244 e. The molecule has 2 rings (SSSR count). The van der Waals surface area contributed by atoms with Crippen molar-refractivity contribution in [3.63, 3.8) is 0 Å². The molecule has 8 nitrogen and oxygen atoms in total. The number of carbonyl (C=O) groups excluding carboxylic acids is 2.